The highest BCUT2D eigenvalue weighted by atomic mass is 19.4. The van der Waals surface area contributed by atoms with Gasteiger partial charge in [-0.25, -0.2) is 0 Å². The van der Waals surface area contributed by atoms with Crippen molar-refractivity contribution in [3.8, 4) is 0 Å². The molecule has 4 rings (SSSR count). The maximum atomic E-state index is 12.7. The summed E-state index contributed by atoms with van der Waals surface area (Å²) >= 11 is 0. The molecule has 1 aliphatic rings. The van der Waals surface area contributed by atoms with Crippen LogP contribution in [0.5, 0.6) is 0 Å². The van der Waals surface area contributed by atoms with Gasteiger partial charge in [0.25, 0.3) is 0 Å². The molecule has 1 heterocycles. The van der Waals surface area contributed by atoms with Crippen LogP contribution in [-0.2, 0) is 19.1 Å². The lowest BCUT2D eigenvalue weighted by Gasteiger charge is -2.36. The van der Waals surface area contributed by atoms with Crippen molar-refractivity contribution in [3.63, 3.8) is 0 Å². The first kappa shape index (κ1) is 18.7. The van der Waals surface area contributed by atoms with Crippen LogP contribution in [0.15, 0.2) is 65.4 Å². The first-order valence-corrected chi connectivity index (χ1v) is 9.35. The minimum Gasteiger partial charge on any atom is -0.364 e. The number of aromatic nitrogens is 1. The highest BCUT2D eigenvalue weighted by Crippen LogP contribution is 2.38. The molecule has 1 saturated carbocycles. The lowest BCUT2D eigenvalue weighted by atomic mass is 9.75. The lowest BCUT2D eigenvalue weighted by Crippen LogP contribution is -2.39. The average molecular weight is 386 g/mol. The van der Waals surface area contributed by atoms with Crippen LogP contribution >= 0.6 is 0 Å². The predicted octanol–water partition coefficient (Wildman–Crippen LogP) is 5.32. The molecule has 0 unspecified atom stereocenters. The van der Waals surface area contributed by atoms with Crippen molar-refractivity contribution in [1.29, 1.82) is 0 Å². The summed E-state index contributed by atoms with van der Waals surface area (Å²) in [6.07, 6.45) is -0.0296. The van der Waals surface area contributed by atoms with Gasteiger partial charge in [0.2, 0.25) is 0 Å². The number of benzene rings is 2. The molecule has 0 atom stereocenters. The maximum Gasteiger partial charge on any atom is 0.416 e. The van der Waals surface area contributed by atoms with E-state index in [-0.39, 0.29) is 0 Å². The van der Waals surface area contributed by atoms with E-state index in [1.807, 2.05) is 18.2 Å². The van der Waals surface area contributed by atoms with E-state index in [1.165, 1.54) is 17.7 Å². The van der Waals surface area contributed by atoms with Crippen LogP contribution < -0.4 is 5.32 Å². The van der Waals surface area contributed by atoms with Crippen molar-refractivity contribution < 1.29 is 17.7 Å². The summed E-state index contributed by atoms with van der Waals surface area (Å²) in [5.74, 6) is 0.311. The van der Waals surface area contributed by atoms with Crippen LogP contribution in [0.25, 0.3) is 0 Å². The highest BCUT2D eigenvalue weighted by molar-refractivity contribution is 5.29. The second-order valence-corrected chi connectivity index (χ2v) is 7.31. The van der Waals surface area contributed by atoms with Crippen molar-refractivity contribution >= 4 is 0 Å². The molecule has 146 valence electrons. The Kier molecular flexibility index (Phi) is 5.22. The Morgan fingerprint density at radius 1 is 1.00 bits per heavy atom. The van der Waals surface area contributed by atoms with Gasteiger partial charge in [0.05, 0.1) is 11.3 Å². The molecule has 3 aromatic rings. The van der Waals surface area contributed by atoms with Crippen LogP contribution in [0.3, 0.4) is 0 Å². The third kappa shape index (κ3) is 4.28. The average Bonchev–Trinajstić information content (AvgIpc) is 3.08. The van der Waals surface area contributed by atoms with Crippen LogP contribution in [0.4, 0.5) is 13.2 Å². The first-order chi connectivity index (χ1) is 13.5. The predicted molar refractivity (Wildman–Crippen MR) is 99.8 cm³/mol. The zero-order chi connectivity index (χ0) is 19.6. The summed E-state index contributed by atoms with van der Waals surface area (Å²) in [5.41, 5.74) is 3.53. The van der Waals surface area contributed by atoms with Crippen LogP contribution in [0.1, 0.15) is 46.7 Å². The van der Waals surface area contributed by atoms with Crippen molar-refractivity contribution in [2.45, 2.75) is 43.9 Å². The molecule has 6 heteroatoms. The normalized spacial score (nSPS) is 19.4. The minimum atomic E-state index is -4.28. The zero-order valence-corrected chi connectivity index (χ0v) is 15.2. The third-order valence-corrected chi connectivity index (χ3v) is 5.37. The highest BCUT2D eigenvalue weighted by Gasteiger charge is 2.33. The molecule has 2 aromatic carbocycles. The summed E-state index contributed by atoms with van der Waals surface area (Å²) in [5, 5.41) is 7.62. The summed E-state index contributed by atoms with van der Waals surface area (Å²) in [6.45, 7) is 0.677. The number of hydrogen-bond acceptors (Lipinski definition) is 3. The number of halogens is 3. The Labute approximate surface area is 161 Å². The second kappa shape index (κ2) is 7.80. The van der Waals surface area contributed by atoms with E-state index in [1.54, 1.807) is 18.4 Å². The summed E-state index contributed by atoms with van der Waals surface area (Å²) in [4.78, 5) is 0. The summed E-state index contributed by atoms with van der Waals surface area (Å²) in [7, 11) is 0. The number of alkyl halides is 3. The topological polar surface area (TPSA) is 38.1 Å². The lowest BCUT2D eigenvalue weighted by molar-refractivity contribution is -0.137. The van der Waals surface area contributed by atoms with Gasteiger partial charge in [-0.2, -0.15) is 13.2 Å². The quantitative estimate of drug-likeness (QED) is 0.623. The zero-order valence-electron chi connectivity index (χ0n) is 15.2. The fourth-order valence-electron chi connectivity index (χ4n) is 3.61. The monoisotopic (exact) mass is 386 g/mol. The van der Waals surface area contributed by atoms with Crippen LogP contribution in [-0.4, -0.2) is 11.2 Å². The molecular formula is C22H21F3N2O. The fraction of sp³-hybridized carbons (Fsp3) is 0.318. The van der Waals surface area contributed by atoms with Gasteiger partial charge in [-0.3, -0.25) is 0 Å². The third-order valence-electron chi connectivity index (χ3n) is 5.37. The number of rotatable bonds is 6. The van der Waals surface area contributed by atoms with Crippen molar-refractivity contribution in [3.05, 3.63) is 88.8 Å². The number of hydrogen-bond donors (Lipinski definition) is 1. The van der Waals surface area contributed by atoms with E-state index in [0.717, 1.165) is 36.1 Å². The standard InChI is InChI=1S/C22H21F3N2O/c23-22(24,25)19-8-6-16(7-9-19)17-11-20(12-17)26-13-18-14-28-27-21(18)10-15-4-2-1-3-5-15/h1-9,14,17,20,26H,10-13H2. The minimum absolute atomic E-state index is 0.311. The SMILES string of the molecule is FC(F)(F)c1ccc(C2CC(NCc3conc3Cc3ccccc3)C2)cc1. The van der Waals surface area contributed by atoms with Crippen molar-refractivity contribution in [1.82, 2.24) is 10.5 Å². The van der Waals surface area contributed by atoms with Gasteiger partial charge in [0, 0.05) is 24.6 Å². The molecule has 28 heavy (non-hydrogen) atoms. The molecule has 1 fully saturated rings. The van der Waals surface area contributed by atoms with Crippen LogP contribution in [0.2, 0.25) is 0 Å². The maximum absolute atomic E-state index is 12.7. The largest absolute Gasteiger partial charge is 0.416 e. The number of nitrogens with one attached hydrogen (secondary N) is 1. The molecule has 0 bridgehead atoms. The molecule has 1 aromatic heterocycles. The van der Waals surface area contributed by atoms with Gasteiger partial charge in [-0.15, -0.1) is 0 Å². The Morgan fingerprint density at radius 3 is 2.39 bits per heavy atom. The van der Waals surface area contributed by atoms with Gasteiger partial charge >= 0.3 is 6.18 Å². The van der Waals surface area contributed by atoms with Crippen molar-refractivity contribution in [2.24, 2.45) is 0 Å². The summed E-state index contributed by atoms with van der Waals surface area (Å²) < 4.78 is 43.1. The molecule has 0 amide bonds. The molecule has 1 N–H and O–H groups in total. The fourth-order valence-corrected chi connectivity index (χ4v) is 3.61. The summed E-state index contributed by atoms with van der Waals surface area (Å²) in [6, 6.07) is 16.0. The Bertz CT molecular complexity index is 898. The van der Waals surface area contributed by atoms with E-state index in [9.17, 15) is 13.2 Å². The van der Waals surface area contributed by atoms with Crippen LogP contribution in [0, 0.1) is 0 Å². The molecule has 0 radical (unpaired) electrons. The molecular weight excluding hydrogens is 365 g/mol. The number of nitrogens with zero attached hydrogens (tertiary/aromatic N) is 1. The Morgan fingerprint density at radius 2 is 1.71 bits per heavy atom. The Balaban J connectivity index is 1.28. The first-order valence-electron chi connectivity index (χ1n) is 9.35. The van der Waals surface area contributed by atoms with Gasteiger partial charge in [-0.05, 0) is 42.0 Å². The Hall–Kier alpha value is -2.60. The molecule has 0 spiro atoms. The van der Waals surface area contributed by atoms with Gasteiger partial charge < -0.3 is 9.84 Å². The van der Waals surface area contributed by atoms with E-state index in [0.29, 0.717) is 18.5 Å². The van der Waals surface area contributed by atoms with Gasteiger partial charge in [0.1, 0.15) is 6.26 Å². The van der Waals surface area contributed by atoms with Crippen molar-refractivity contribution in [2.75, 3.05) is 0 Å². The van der Waals surface area contributed by atoms with E-state index < -0.39 is 11.7 Å². The molecule has 3 nitrogen and oxygen atoms in total. The van der Waals surface area contributed by atoms with E-state index in [4.69, 9.17) is 4.52 Å². The van der Waals surface area contributed by atoms with Gasteiger partial charge in [-0.1, -0.05) is 47.6 Å². The molecule has 0 saturated heterocycles. The van der Waals surface area contributed by atoms with Gasteiger partial charge in [0.15, 0.2) is 0 Å². The molecule has 0 aliphatic heterocycles. The van der Waals surface area contributed by atoms with E-state index in [2.05, 4.69) is 22.6 Å². The second-order valence-electron chi connectivity index (χ2n) is 7.31. The smallest absolute Gasteiger partial charge is 0.364 e. The molecule has 1 aliphatic carbocycles. The van der Waals surface area contributed by atoms with E-state index >= 15 is 0 Å².